The number of rotatable bonds is 4. The number of nitrogens with zero attached hydrogens (tertiary/aromatic N) is 3. The van der Waals surface area contributed by atoms with E-state index in [1.54, 1.807) is 30.6 Å². The molecule has 1 heterocycles. The third-order valence-corrected chi connectivity index (χ3v) is 3.45. The number of aliphatic hydroxyl groups is 1. The molecule has 1 N–H and O–H groups in total. The van der Waals surface area contributed by atoms with Crippen LogP contribution in [0.4, 0.5) is 0 Å². The van der Waals surface area contributed by atoms with Gasteiger partial charge in [0.1, 0.15) is 12.7 Å². The first-order chi connectivity index (χ1) is 9.49. The van der Waals surface area contributed by atoms with Crippen molar-refractivity contribution in [3.05, 3.63) is 46.5 Å². The average Bonchev–Trinajstić information content (AvgIpc) is 2.90. The van der Waals surface area contributed by atoms with Crippen LogP contribution in [0.1, 0.15) is 19.4 Å². The van der Waals surface area contributed by atoms with Gasteiger partial charge in [0.25, 0.3) is 0 Å². The highest BCUT2D eigenvalue weighted by atomic mass is 35.5. The van der Waals surface area contributed by atoms with E-state index in [0.717, 1.165) is 5.56 Å². The van der Waals surface area contributed by atoms with Crippen LogP contribution >= 0.6 is 23.2 Å². The molecule has 2 rings (SSSR count). The number of benzene rings is 1. The molecule has 1 aromatic carbocycles. The third-order valence-electron chi connectivity index (χ3n) is 2.88. The van der Waals surface area contributed by atoms with Gasteiger partial charge in [-0.3, -0.25) is 0 Å². The first-order valence-electron chi connectivity index (χ1n) is 6.18. The lowest BCUT2D eigenvalue weighted by Gasteiger charge is -2.18. The second kappa shape index (κ2) is 6.39. The van der Waals surface area contributed by atoms with E-state index in [0.29, 0.717) is 15.7 Å². The molecule has 0 bridgehead atoms. The summed E-state index contributed by atoms with van der Waals surface area (Å²) in [6, 6.07) is 5.21. The predicted molar refractivity (Wildman–Crippen MR) is 81.5 cm³/mol. The first kappa shape index (κ1) is 15.0. The van der Waals surface area contributed by atoms with Gasteiger partial charge in [0, 0.05) is 10.0 Å². The molecule has 0 spiro atoms. The Morgan fingerprint density at radius 3 is 2.65 bits per heavy atom. The van der Waals surface area contributed by atoms with Crippen LogP contribution in [0.25, 0.3) is 11.8 Å². The lowest BCUT2D eigenvalue weighted by atomic mass is 10.0. The standard InChI is InChI=1S/C14H15Cl2N3O/c1-9(2)14(20)13(19-8-17-7-18-19)5-10-3-4-11(15)6-12(10)16/h3-9,14,20H,1-2H3/b13-5-. The van der Waals surface area contributed by atoms with Crippen LogP contribution in [-0.2, 0) is 0 Å². The molecule has 0 aliphatic heterocycles. The highest BCUT2D eigenvalue weighted by Gasteiger charge is 2.18. The average molecular weight is 312 g/mol. The Hall–Kier alpha value is -1.36. The van der Waals surface area contributed by atoms with Crippen LogP contribution in [-0.4, -0.2) is 26.0 Å². The summed E-state index contributed by atoms with van der Waals surface area (Å²) in [6.45, 7) is 3.86. The Labute approximate surface area is 127 Å². The summed E-state index contributed by atoms with van der Waals surface area (Å²) >= 11 is 12.0. The summed E-state index contributed by atoms with van der Waals surface area (Å²) in [7, 11) is 0. The monoisotopic (exact) mass is 311 g/mol. The number of hydrogen-bond acceptors (Lipinski definition) is 3. The number of aromatic nitrogens is 3. The van der Waals surface area contributed by atoms with Crippen molar-refractivity contribution in [3.63, 3.8) is 0 Å². The Kier molecular flexibility index (Phi) is 4.81. The molecule has 0 aliphatic carbocycles. The van der Waals surface area contributed by atoms with Gasteiger partial charge < -0.3 is 5.11 Å². The molecule has 0 saturated carbocycles. The second-order valence-corrected chi connectivity index (χ2v) is 5.61. The molecule has 1 aromatic heterocycles. The Morgan fingerprint density at radius 1 is 1.35 bits per heavy atom. The molecule has 2 aromatic rings. The third kappa shape index (κ3) is 3.39. The van der Waals surface area contributed by atoms with Crippen LogP contribution < -0.4 is 0 Å². The van der Waals surface area contributed by atoms with Gasteiger partial charge in [-0.1, -0.05) is 43.1 Å². The minimum absolute atomic E-state index is 0.0384. The zero-order valence-electron chi connectivity index (χ0n) is 11.2. The fraction of sp³-hybridized carbons (Fsp3) is 0.286. The molecule has 1 unspecified atom stereocenters. The number of halogens is 2. The second-order valence-electron chi connectivity index (χ2n) is 4.76. The zero-order chi connectivity index (χ0) is 14.7. The summed E-state index contributed by atoms with van der Waals surface area (Å²) < 4.78 is 1.54. The van der Waals surface area contributed by atoms with E-state index in [9.17, 15) is 5.11 Å². The molecule has 0 fully saturated rings. The van der Waals surface area contributed by atoms with Gasteiger partial charge in [-0.05, 0) is 29.7 Å². The Balaban J connectivity index is 2.48. The molecule has 1 atom stereocenters. The van der Waals surface area contributed by atoms with E-state index in [2.05, 4.69) is 10.1 Å². The molecule has 0 aliphatic rings. The van der Waals surface area contributed by atoms with E-state index in [-0.39, 0.29) is 5.92 Å². The van der Waals surface area contributed by atoms with Crippen molar-refractivity contribution in [2.75, 3.05) is 0 Å². The zero-order valence-corrected chi connectivity index (χ0v) is 12.7. The van der Waals surface area contributed by atoms with Crippen molar-refractivity contribution in [1.29, 1.82) is 0 Å². The molecular weight excluding hydrogens is 297 g/mol. The largest absolute Gasteiger partial charge is 0.387 e. The van der Waals surface area contributed by atoms with E-state index in [1.807, 2.05) is 13.8 Å². The van der Waals surface area contributed by atoms with Gasteiger partial charge in [0.15, 0.2) is 0 Å². The topological polar surface area (TPSA) is 50.9 Å². The van der Waals surface area contributed by atoms with Gasteiger partial charge in [-0.15, -0.1) is 0 Å². The normalized spacial score (nSPS) is 13.8. The summed E-state index contributed by atoms with van der Waals surface area (Å²) in [4.78, 5) is 3.91. The van der Waals surface area contributed by atoms with E-state index in [1.165, 1.54) is 11.0 Å². The van der Waals surface area contributed by atoms with Crippen molar-refractivity contribution in [3.8, 4) is 0 Å². The SMILES string of the molecule is CC(C)C(O)/C(=C/c1ccc(Cl)cc1Cl)n1cncn1. The van der Waals surface area contributed by atoms with Gasteiger partial charge in [-0.2, -0.15) is 5.10 Å². The van der Waals surface area contributed by atoms with E-state index in [4.69, 9.17) is 23.2 Å². The van der Waals surface area contributed by atoms with E-state index < -0.39 is 6.10 Å². The van der Waals surface area contributed by atoms with Crippen LogP contribution in [0.3, 0.4) is 0 Å². The maximum absolute atomic E-state index is 10.3. The molecule has 4 nitrogen and oxygen atoms in total. The molecule has 0 amide bonds. The lowest BCUT2D eigenvalue weighted by Crippen LogP contribution is -2.21. The summed E-state index contributed by atoms with van der Waals surface area (Å²) in [6.07, 6.45) is 4.08. The minimum Gasteiger partial charge on any atom is -0.387 e. The summed E-state index contributed by atoms with van der Waals surface area (Å²) in [5.74, 6) is 0.0384. The van der Waals surface area contributed by atoms with Crippen LogP contribution in [0.15, 0.2) is 30.9 Å². The fourth-order valence-electron chi connectivity index (χ4n) is 1.75. The van der Waals surface area contributed by atoms with Crippen molar-refractivity contribution in [2.45, 2.75) is 20.0 Å². The predicted octanol–water partition coefficient (Wildman–Crippen LogP) is 3.60. The van der Waals surface area contributed by atoms with Gasteiger partial charge >= 0.3 is 0 Å². The van der Waals surface area contributed by atoms with Crippen LogP contribution in [0, 0.1) is 5.92 Å². The highest BCUT2D eigenvalue weighted by Crippen LogP contribution is 2.26. The van der Waals surface area contributed by atoms with Crippen molar-refractivity contribution in [2.24, 2.45) is 5.92 Å². The van der Waals surface area contributed by atoms with Crippen molar-refractivity contribution in [1.82, 2.24) is 14.8 Å². The van der Waals surface area contributed by atoms with Gasteiger partial charge in [0.2, 0.25) is 0 Å². The maximum atomic E-state index is 10.3. The summed E-state index contributed by atoms with van der Waals surface area (Å²) in [5.41, 5.74) is 1.38. The van der Waals surface area contributed by atoms with Gasteiger partial charge in [-0.25, -0.2) is 9.67 Å². The van der Waals surface area contributed by atoms with Crippen LogP contribution in [0.5, 0.6) is 0 Å². The molecular formula is C14H15Cl2N3O. The quantitative estimate of drug-likeness (QED) is 0.938. The fourth-order valence-corrected chi connectivity index (χ4v) is 2.21. The summed E-state index contributed by atoms with van der Waals surface area (Å²) in [5, 5.41) is 15.5. The molecule has 20 heavy (non-hydrogen) atoms. The van der Waals surface area contributed by atoms with Crippen LogP contribution in [0.2, 0.25) is 10.0 Å². The first-order valence-corrected chi connectivity index (χ1v) is 6.94. The Morgan fingerprint density at radius 2 is 2.10 bits per heavy atom. The smallest absolute Gasteiger partial charge is 0.138 e. The minimum atomic E-state index is -0.677. The lowest BCUT2D eigenvalue weighted by molar-refractivity contribution is 0.175. The van der Waals surface area contributed by atoms with E-state index >= 15 is 0 Å². The maximum Gasteiger partial charge on any atom is 0.138 e. The molecule has 0 saturated heterocycles. The molecule has 6 heteroatoms. The Bertz CT molecular complexity index is 609. The molecule has 0 radical (unpaired) electrons. The highest BCUT2D eigenvalue weighted by molar-refractivity contribution is 6.35. The number of hydrogen-bond donors (Lipinski definition) is 1. The van der Waals surface area contributed by atoms with Crippen molar-refractivity contribution >= 4 is 35.0 Å². The van der Waals surface area contributed by atoms with Gasteiger partial charge in [0.05, 0.1) is 11.8 Å². The van der Waals surface area contributed by atoms with Crippen molar-refractivity contribution < 1.29 is 5.11 Å². The molecule has 106 valence electrons. The number of aliphatic hydroxyl groups excluding tert-OH is 1.